The monoisotopic (exact) mass is 291 g/mol. The topological polar surface area (TPSA) is 81.4 Å². The van der Waals surface area contributed by atoms with Crippen molar-refractivity contribution in [1.82, 2.24) is 30.2 Å². The predicted octanol–water partition coefficient (Wildman–Crippen LogP) is 1.91. The SMILES string of the molecule is CCCNc1cnc(CSc2nnnn2C2CC2)cn1. The number of hydrogen-bond donors (Lipinski definition) is 1. The minimum absolute atomic E-state index is 0.499. The Labute approximate surface area is 121 Å². The molecular weight excluding hydrogens is 274 g/mol. The molecule has 2 heterocycles. The van der Waals surface area contributed by atoms with Crippen LogP contribution in [0.4, 0.5) is 5.82 Å². The molecule has 0 atom stereocenters. The van der Waals surface area contributed by atoms with E-state index in [-0.39, 0.29) is 0 Å². The zero-order valence-electron chi connectivity index (χ0n) is 11.4. The lowest BCUT2D eigenvalue weighted by Gasteiger charge is -2.04. The molecule has 0 bridgehead atoms. The predicted molar refractivity (Wildman–Crippen MR) is 76.5 cm³/mol. The van der Waals surface area contributed by atoms with E-state index in [1.165, 1.54) is 12.8 Å². The van der Waals surface area contributed by atoms with Crippen molar-refractivity contribution in [3.8, 4) is 0 Å². The fraction of sp³-hybridized carbons (Fsp3) is 0.583. The van der Waals surface area contributed by atoms with Crippen LogP contribution in [0.15, 0.2) is 17.6 Å². The van der Waals surface area contributed by atoms with Gasteiger partial charge in [0, 0.05) is 12.3 Å². The molecule has 0 amide bonds. The van der Waals surface area contributed by atoms with Crippen LogP contribution in [0.5, 0.6) is 0 Å². The van der Waals surface area contributed by atoms with Gasteiger partial charge in [-0.3, -0.25) is 4.98 Å². The molecule has 1 aliphatic rings. The van der Waals surface area contributed by atoms with E-state index in [2.05, 4.69) is 37.7 Å². The summed E-state index contributed by atoms with van der Waals surface area (Å²) < 4.78 is 1.91. The van der Waals surface area contributed by atoms with Crippen molar-refractivity contribution in [3.05, 3.63) is 18.1 Å². The summed E-state index contributed by atoms with van der Waals surface area (Å²) >= 11 is 1.60. The molecule has 106 valence electrons. The molecule has 0 unspecified atom stereocenters. The lowest BCUT2D eigenvalue weighted by atomic mass is 10.4. The van der Waals surface area contributed by atoms with Crippen LogP contribution in [0.1, 0.15) is 37.9 Å². The molecule has 2 aromatic heterocycles. The fourth-order valence-electron chi connectivity index (χ4n) is 1.74. The molecule has 2 aromatic rings. The van der Waals surface area contributed by atoms with Crippen LogP contribution in [-0.2, 0) is 5.75 Å². The summed E-state index contributed by atoms with van der Waals surface area (Å²) in [5.74, 6) is 1.55. The summed E-state index contributed by atoms with van der Waals surface area (Å²) in [5.41, 5.74) is 0.933. The average molecular weight is 291 g/mol. The van der Waals surface area contributed by atoms with Gasteiger partial charge in [-0.05, 0) is 29.7 Å². The van der Waals surface area contributed by atoms with Crippen molar-refractivity contribution >= 4 is 17.6 Å². The first-order valence-corrected chi connectivity index (χ1v) is 7.81. The average Bonchev–Trinajstić information content (AvgIpc) is 3.23. The third kappa shape index (κ3) is 3.24. The minimum atomic E-state index is 0.499. The Bertz CT molecular complexity index is 549. The third-order valence-corrected chi connectivity index (χ3v) is 3.93. The van der Waals surface area contributed by atoms with Gasteiger partial charge in [-0.2, -0.15) is 0 Å². The third-order valence-electron chi connectivity index (χ3n) is 2.97. The Morgan fingerprint density at radius 2 is 2.25 bits per heavy atom. The highest BCUT2D eigenvalue weighted by atomic mass is 32.2. The van der Waals surface area contributed by atoms with Crippen LogP contribution in [0.3, 0.4) is 0 Å². The number of hydrogen-bond acceptors (Lipinski definition) is 7. The molecule has 1 aliphatic carbocycles. The van der Waals surface area contributed by atoms with Crippen LogP contribution >= 0.6 is 11.8 Å². The highest BCUT2D eigenvalue weighted by Crippen LogP contribution is 2.36. The van der Waals surface area contributed by atoms with Crippen molar-refractivity contribution in [2.24, 2.45) is 0 Å². The standard InChI is InChI=1S/C12H17N7S/c1-2-5-13-11-7-14-9(6-15-11)8-20-12-16-17-18-19(12)10-3-4-10/h6-7,10H,2-5,8H2,1H3,(H,13,15). The maximum absolute atomic E-state index is 4.40. The highest BCUT2D eigenvalue weighted by molar-refractivity contribution is 7.98. The van der Waals surface area contributed by atoms with E-state index in [1.807, 2.05) is 4.68 Å². The van der Waals surface area contributed by atoms with E-state index in [0.29, 0.717) is 6.04 Å². The Morgan fingerprint density at radius 1 is 1.35 bits per heavy atom. The summed E-state index contributed by atoms with van der Waals surface area (Å²) in [5, 5.41) is 15.9. The molecule has 0 radical (unpaired) electrons. The summed E-state index contributed by atoms with van der Waals surface area (Å²) in [4.78, 5) is 8.74. The molecule has 1 N–H and O–H groups in total. The lowest BCUT2D eigenvalue weighted by molar-refractivity contribution is 0.565. The van der Waals surface area contributed by atoms with Crippen LogP contribution in [0.2, 0.25) is 0 Å². The number of nitrogens with one attached hydrogen (secondary N) is 1. The maximum atomic E-state index is 4.40. The number of nitrogens with zero attached hydrogens (tertiary/aromatic N) is 6. The zero-order chi connectivity index (χ0) is 13.8. The van der Waals surface area contributed by atoms with Crippen molar-refractivity contribution in [2.45, 2.75) is 43.1 Å². The lowest BCUT2D eigenvalue weighted by Crippen LogP contribution is -2.03. The number of rotatable bonds is 7. The van der Waals surface area contributed by atoms with Gasteiger partial charge in [-0.1, -0.05) is 18.7 Å². The first-order valence-electron chi connectivity index (χ1n) is 6.82. The highest BCUT2D eigenvalue weighted by Gasteiger charge is 2.27. The first kappa shape index (κ1) is 13.3. The molecule has 8 heteroatoms. The van der Waals surface area contributed by atoms with Crippen molar-refractivity contribution in [3.63, 3.8) is 0 Å². The molecule has 0 spiro atoms. The van der Waals surface area contributed by atoms with Crippen LogP contribution in [0, 0.1) is 0 Å². The number of thioether (sulfide) groups is 1. The van der Waals surface area contributed by atoms with Gasteiger partial charge in [0.25, 0.3) is 0 Å². The van der Waals surface area contributed by atoms with Crippen LogP contribution < -0.4 is 5.32 Å². The Morgan fingerprint density at radius 3 is 2.95 bits per heavy atom. The van der Waals surface area contributed by atoms with Crippen molar-refractivity contribution in [1.29, 1.82) is 0 Å². The van der Waals surface area contributed by atoms with Gasteiger partial charge in [-0.15, -0.1) is 5.10 Å². The first-order chi connectivity index (χ1) is 9.86. The van der Waals surface area contributed by atoms with E-state index in [9.17, 15) is 0 Å². The number of tetrazole rings is 1. The molecule has 1 fully saturated rings. The molecular formula is C12H17N7S. The van der Waals surface area contributed by atoms with Gasteiger partial charge < -0.3 is 5.32 Å². The second kappa shape index (κ2) is 6.17. The smallest absolute Gasteiger partial charge is 0.209 e. The van der Waals surface area contributed by atoms with Gasteiger partial charge in [0.2, 0.25) is 5.16 Å². The normalized spacial score (nSPS) is 14.4. The fourth-order valence-corrected chi connectivity index (χ4v) is 2.58. The van der Waals surface area contributed by atoms with Crippen molar-refractivity contribution < 1.29 is 0 Å². The van der Waals surface area contributed by atoms with E-state index < -0.39 is 0 Å². The molecule has 20 heavy (non-hydrogen) atoms. The molecule has 7 nitrogen and oxygen atoms in total. The molecule has 3 rings (SSSR count). The van der Waals surface area contributed by atoms with Gasteiger partial charge >= 0.3 is 0 Å². The summed E-state index contributed by atoms with van der Waals surface area (Å²) in [7, 11) is 0. The quantitative estimate of drug-likeness (QED) is 0.780. The van der Waals surface area contributed by atoms with Gasteiger partial charge in [0.15, 0.2) is 0 Å². The second-order valence-corrected chi connectivity index (χ2v) is 5.69. The summed E-state index contributed by atoms with van der Waals surface area (Å²) in [6, 6.07) is 0.499. The van der Waals surface area contributed by atoms with E-state index >= 15 is 0 Å². The van der Waals surface area contributed by atoms with Crippen molar-refractivity contribution in [2.75, 3.05) is 11.9 Å². The summed E-state index contributed by atoms with van der Waals surface area (Å²) in [6.07, 6.45) is 7.00. The summed E-state index contributed by atoms with van der Waals surface area (Å²) in [6.45, 7) is 3.04. The van der Waals surface area contributed by atoms with E-state index in [0.717, 1.165) is 35.4 Å². The van der Waals surface area contributed by atoms with Gasteiger partial charge in [-0.25, -0.2) is 9.67 Å². The second-order valence-electron chi connectivity index (χ2n) is 4.75. The Kier molecular flexibility index (Phi) is 4.10. The van der Waals surface area contributed by atoms with Crippen LogP contribution in [-0.4, -0.2) is 36.7 Å². The van der Waals surface area contributed by atoms with E-state index in [1.54, 1.807) is 24.2 Å². The van der Waals surface area contributed by atoms with Crippen LogP contribution in [0.25, 0.3) is 0 Å². The minimum Gasteiger partial charge on any atom is -0.369 e. The molecule has 0 aromatic carbocycles. The molecule has 1 saturated carbocycles. The van der Waals surface area contributed by atoms with E-state index in [4.69, 9.17) is 0 Å². The van der Waals surface area contributed by atoms with Gasteiger partial charge in [0.05, 0.1) is 24.1 Å². The number of aromatic nitrogens is 6. The zero-order valence-corrected chi connectivity index (χ0v) is 12.2. The largest absolute Gasteiger partial charge is 0.369 e. The maximum Gasteiger partial charge on any atom is 0.209 e. The number of anilines is 1. The Hall–Kier alpha value is -1.70. The van der Waals surface area contributed by atoms with Gasteiger partial charge in [0.1, 0.15) is 5.82 Å². The molecule has 0 aliphatic heterocycles. The Balaban J connectivity index is 1.56. The molecule has 0 saturated heterocycles.